The Morgan fingerprint density at radius 1 is 1.28 bits per heavy atom. The number of pyridine rings is 1. The first-order valence-corrected chi connectivity index (χ1v) is 10.0. The Kier molecular flexibility index (Phi) is 6.02. The number of carbonyl (C=O) groups excluding carboxylic acids is 1. The Morgan fingerprint density at radius 3 is 2.76 bits per heavy atom. The number of likely N-dealkylation sites (tertiary alicyclic amines) is 1. The van der Waals surface area contributed by atoms with Crippen LogP contribution in [0, 0.1) is 12.8 Å². The second-order valence-corrected chi connectivity index (χ2v) is 8.14. The number of rotatable bonds is 4. The smallest absolute Gasteiger partial charge is 0.272 e. The minimum absolute atomic E-state index is 0.0483. The van der Waals surface area contributed by atoms with E-state index in [9.17, 15) is 4.79 Å². The first-order valence-electron chi connectivity index (χ1n) is 8.67. The zero-order valence-corrected chi connectivity index (χ0v) is 16.2. The summed E-state index contributed by atoms with van der Waals surface area (Å²) in [4.78, 5) is 20.2. The van der Waals surface area contributed by atoms with Crippen LogP contribution < -0.4 is 0 Å². The van der Waals surface area contributed by atoms with Crippen molar-refractivity contribution in [3.05, 3.63) is 58.4 Å². The molecule has 0 radical (unpaired) electrons. The maximum absolute atomic E-state index is 12.7. The monoisotopic (exact) mass is 374 g/mol. The molecule has 0 unspecified atom stereocenters. The van der Waals surface area contributed by atoms with Crippen LogP contribution in [0.5, 0.6) is 0 Å². The molecule has 3 nitrogen and oxygen atoms in total. The fourth-order valence-electron chi connectivity index (χ4n) is 2.93. The first-order chi connectivity index (χ1) is 12.0. The highest BCUT2D eigenvalue weighted by Gasteiger charge is 2.22. The molecule has 2 aromatic rings. The summed E-state index contributed by atoms with van der Waals surface area (Å²) in [7, 11) is 0. The molecule has 1 saturated heterocycles. The van der Waals surface area contributed by atoms with Crippen LogP contribution in [0.2, 0.25) is 5.02 Å². The lowest BCUT2D eigenvalue weighted by Gasteiger charge is -2.30. The van der Waals surface area contributed by atoms with E-state index in [0.717, 1.165) is 47.1 Å². The Balaban J connectivity index is 1.66. The van der Waals surface area contributed by atoms with Crippen LogP contribution in [0.25, 0.3) is 0 Å². The van der Waals surface area contributed by atoms with E-state index in [4.69, 9.17) is 11.6 Å². The van der Waals surface area contributed by atoms with Gasteiger partial charge in [-0.05, 0) is 55.5 Å². The zero-order valence-electron chi connectivity index (χ0n) is 14.7. The molecule has 0 N–H and O–H groups in total. The van der Waals surface area contributed by atoms with Crippen molar-refractivity contribution in [1.82, 2.24) is 9.88 Å². The van der Waals surface area contributed by atoms with Crippen molar-refractivity contribution >= 4 is 29.3 Å². The van der Waals surface area contributed by atoms with Crippen molar-refractivity contribution in [2.24, 2.45) is 5.92 Å². The van der Waals surface area contributed by atoms with Gasteiger partial charge in [0.05, 0.1) is 10.7 Å². The van der Waals surface area contributed by atoms with Crippen LogP contribution in [0.15, 0.2) is 41.3 Å². The molecule has 2 heterocycles. The predicted molar refractivity (Wildman–Crippen MR) is 104 cm³/mol. The van der Waals surface area contributed by atoms with Gasteiger partial charge in [0, 0.05) is 23.7 Å². The number of nitrogens with zero attached hydrogens (tertiary/aromatic N) is 2. The Labute approximate surface area is 158 Å². The third-order valence-electron chi connectivity index (χ3n) is 4.56. The van der Waals surface area contributed by atoms with E-state index in [1.54, 1.807) is 11.8 Å². The molecule has 1 fully saturated rings. The van der Waals surface area contributed by atoms with E-state index in [-0.39, 0.29) is 5.91 Å². The molecular formula is C20H23ClN2OS. The summed E-state index contributed by atoms with van der Waals surface area (Å²) >= 11 is 7.93. The summed E-state index contributed by atoms with van der Waals surface area (Å²) in [6, 6.07) is 11.7. The van der Waals surface area contributed by atoms with Gasteiger partial charge in [0.25, 0.3) is 5.91 Å². The number of carbonyl (C=O) groups is 1. The molecule has 0 aliphatic carbocycles. The average molecular weight is 375 g/mol. The number of hydrogen-bond acceptors (Lipinski definition) is 3. The molecule has 0 atom stereocenters. The minimum Gasteiger partial charge on any atom is -0.337 e. The molecule has 1 aromatic heterocycles. The molecule has 0 spiro atoms. The second kappa shape index (κ2) is 8.24. The molecule has 1 amide bonds. The van der Waals surface area contributed by atoms with Gasteiger partial charge in [0.2, 0.25) is 0 Å². The van der Waals surface area contributed by atoms with Crippen molar-refractivity contribution in [1.29, 1.82) is 0 Å². The largest absolute Gasteiger partial charge is 0.337 e. The lowest BCUT2D eigenvalue weighted by Crippen LogP contribution is -2.38. The van der Waals surface area contributed by atoms with E-state index in [1.165, 1.54) is 0 Å². The van der Waals surface area contributed by atoms with Gasteiger partial charge >= 0.3 is 0 Å². The number of benzene rings is 1. The van der Waals surface area contributed by atoms with E-state index in [2.05, 4.69) is 18.0 Å². The third-order valence-corrected chi connectivity index (χ3v) is 6.09. The Bertz CT molecular complexity index is 757. The van der Waals surface area contributed by atoms with Gasteiger partial charge in [-0.15, -0.1) is 11.8 Å². The summed E-state index contributed by atoms with van der Waals surface area (Å²) in [6.07, 6.45) is 2.15. The van der Waals surface area contributed by atoms with Gasteiger partial charge in [-0.2, -0.15) is 0 Å². The third kappa shape index (κ3) is 4.77. The van der Waals surface area contributed by atoms with E-state index < -0.39 is 0 Å². The van der Waals surface area contributed by atoms with Gasteiger partial charge in [0.1, 0.15) is 5.69 Å². The van der Waals surface area contributed by atoms with Gasteiger partial charge < -0.3 is 4.90 Å². The van der Waals surface area contributed by atoms with Crippen LogP contribution in [0.3, 0.4) is 0 Å². The van der Waals surface area contributed by atoms with Crippen molar-refractivity contribution < 1.29 is 4.79 Å². The van der Waals surface area contributed by atoms with Crippen LogP contribution >= 0.6 is 23.4 Å². The number of thioether (sulfide) groups is 1. The summed E-state index contributed by atoms with van der Waals surface area (Å²) in [5.41, 5.74) is 2.59. The Hall–Kier alpha value is -1.52. The van der Waals surface area contributed by atoms with E-state index in [0.29, 0.717) is 17.4 Å². The molecule has 5 heteroatoms. The average Bonchev–Trinajstić information content (AvgIpc) is 2.61. The number of piperidine rings is 1. The molecule has 3 rings (SSSR count). The highest BCUT2D eigenvalue weighted by molar-refractivity contribution is 7.98. The number of amides is 1. The number of halogens is 1. The number of aromatic nitrogens is 1. The lowest BCUT2D eigenvalue weighted by atomic mass is 9.99. The maximum atomic E-state index is 12.7. The fraction of sp³-hybridized carbons (Fsp3) is 0.400. The molecule has 132 valence electrons. The van der Waals surface area contributed by atoms with Gasteiger partial charge in [-0.25, -0.2) is 4.98 Å². The molecule has 0 bridgehead atoms. The van der Waals surface area contributed by atoms with E-state index >= 15 is 0 Å². The topological polar surface area (TPSA) is 33.2 Å². The van der Waals surface area contributed by atoms with Crippen molar-refractivity contribution in [3.8, 4) is 0 Å². The number of aryl methyl sites for hydroxylation is 1. The van der Waals surface area contributed by atoms with Crippen molar-refractivity contribution in [3.63, 3.8) is 0 Å². The lowest BCUT2D eigenvalue weighted by molar-refractivity contribution is 0.0691. The molecule has 1 aliphatic rings. The molecule has 25 heavy (non-hydrogen) atoms. The highest BCUT2D eigenvalue weighted by atomic mass is 35.5. The summed E-state index contributed by atoms with van der Waals surface area (Å²) in [5.74, 6) is 1.45. The standard InChI is InChI=1S/C20H23ClN2OS/c1-14-8-10-23(11-9-14)20(24)18-5-3-4-16(22-18)13-25-19-7-6-15(2)12-17(19)21/h3-7,12,14H,8-11,13H2,1-2H3. The molecule has 1 aliphatic heterocycles. The predicted octanol–water partition coefficient (Wildman–Crippen LogP) is 5.21. The normalized spacial score (nSPS) is 15.4. The first kappa shape index (κ1) is 18.3. The fourth-order valence-corrected chi connectivity index (χ4v) is 4.15. The number of hydrogen-bond donors (Lipinski definition) is 0. The second-order valence-electron chi connectivity index (χ2n) is 6.71. The summed E-state index contributed by atoms with van der Waals surface area (Å²) in [5, 5.41) is 0.764. The van der Waals surface area contributed by atoms with Gasteiger partial charge in [-0.3, -0.25) is 4.79 Å². The summed E-state index contributed by atoms with van der Waals surface area (Å²) < 4.78 is 0. The molecular weight excluding hydrogens is 352 g/mol. The maximum Gasteiger partial charge on any atom is 0.272 e. The summed E-state index contributed by atoms with van der Waals surface area (Å²) in [6.45, 7) is 5.94. The Morgan fingerprint density at radius 2 is 2.04 bits per heavy atom. The quantitative estimate of drug-likeness (QED) is 0.689. The molecule has 1 aromatic carbocycles. The van der Waals surface area contributed by atoms with Crippen LogP contribution in [-0.4, -0.2) is 28.9 Å². The van der Waals surface area contributed by atoms with Crippen LogP contribution in [-0.2, 0) is 5.75 Å². The van der Waals surface area contributed by atoms with Crippen LogP contribution in [0.4, 0.5) is 0 Å². The minimum atomic E-state index is 0.0483. The SMILES string of the molecule is Cc1ccc(SCc2cccc(C(=O)N3CCC(C)CC3)n2)c(Cl)c1. The molecule has 0 saturated carbocycles. The van der Waals surface area contributed by atoms with Gasteiger partial charge in [-0.1, -0.05) is 30.7 Å². The van der Waals surface area contributed by atoms with Crippen LogP contribution in [0.1, 0.15) is 41.5 Å². The highest BCUT2D eigenvalue weighted by Crippen LogP contribution is 2.30. The van der Waals surface area contributed by atoms with Crippen molar-refractivity contribution in [2.45, 2.75) is 37.3 Å². The van der Waals surface area contributed by atoms with Crippen molar-refractivity contribution in [2.75, 3.05) is 13.1 Å². The van der Waals surface area contributed by atoms with Gasteiger partial charge in [0.15, 0.2) is 0 Å². The van der Waals surface area contributed by atoms with E-state index in [1.807, 2.05) is 42.2 Å². The zero-order chi connectivity index (χ0) is 17.8.